The SMILES string of the molecule is CC(C)(C)c1ccc(CN2CCC3(CCN(C(=O)CNC(=O)c4ccco4)CC3)Oc3ccccc32)cc1. The van der Waals surface area contributed by atoms with Crippen LogP contribution in [0.4, 0.5) is 5.69 Å². The van der Waals surface area contributed by atoms with Gasteiger partial charge in [-0.15, -0.1) is 0 Å². The highest BCUT2D eigenvalue weighted by Crippen LogP contribution is 2.41. The number of piperidine rings is 1. The minimum Gasteiger partial charge on any atom is -0.485 e. The molecule has 0 atom stereocenters. The second-order valence-corrected chi connectivity index (χ2v) is 11.4. The Hall–Kier alpha value is -3.74. The number of fused-ring (bicyclic) bond motifs is 1. The highest BCUT2D eigenvalue weighted by atomic mass is 16.5. The Labute approximate surface area is 224 Å². The summed E-state index contributed by atoms with van der Waals surface area (Å²) in [5.74, 6) is 0.639. The number of carbonyl (C=O) groups excluding carboxylic acids is 2. The van der Waals surface area contributed by atoms with Crippen molar-refractivity contribution in [2.45, 2.75) is 57.6 Å². The lowest BCUT2D eigenvalue weighted by molar-refractivity contribution is -0.133. The Kier molecular flexibility index (Phi) is 7.19. The van der Waals surface area contributed by atoms with Gasteiger partial charge in [0.15, 0.2) is 5.76 Å². The summed E-state index contributed by atoms with van der Waals surface area (Å²) in [5.41, 5.74) is 3.55. The van der Waals surface area contributed by atoms with Crippen molar-refractivity contribution in [1.29, 1.82) is 0 Å². The Bertz CT molecular complexity index is 1250. The van der Waals surface area contributed by atoms with Crippen LogP contribution in [0.15, 0.2) is 71.3 Å². The van der Waals surface area contributed by atoms with Crippen LogP contribution in [0.5, 0.6) is 5.75 Å². The highest BCUT2D eigenvalue weighted by molar-refractivity contribution is 5.94. The molecule has 0 radical (unpaired) electrons. The van der Waals surface area contributed by atoms with Gasteiger partial charge in [0.2, 0.25) is 5.91 Å². The predicted octanol–water partition coefficient (Wildman–Crippen LogP) is 5.16. The van der Waals surface area contributed by atoms with Crippen LogP contribution < -0.4 is 15.0 Å². The maximum Gasteiger partial charge on any atom is 0.287 e. The van der Waals surface area contributed by atoms with Crippen LogP contribution in [0.25, 0.3) is 0 Å². The summed E-state index contributed by atoms with van der Waals surface area (Å²) in [5, 5.41) is 2.65. The lowest BCUT2D eigenvalue weighted by Crippen LogP contribution is -2.52. The standard InChI is InChI=1S/C31H37N3O4/c1-30(2,3)24-12-10-23(11-13-24)22-34-19-16-31(38-26-8-5-4-7-25(26)34)14-17-33(18-15-31)28(35)21-32-29(36)27-9-6-20-37-27/h4-13,20H,14-19,21-22H2,1-3H3,(H,32,36). The molecule has 3 aromatic rings. The Morgan fingerprint density at radius 1 is 0.921 bits per heavy atom. The number of hydrogen-bond acceptors (Lipinski definition) is 5. The van der Waals surface area contributed by atoms with E-state index in [2.05, 4.69) is 73.5 Å². The van der Waals surface area contributed by atoms with Gasteiger partial charge in [0.05, 0.1) is 18.5 Å². The van der Waals surface area contributed by atoms with Crippen LogP contribution in [0.2, 0.25) is 0 Å². The number of para-hydroxylation sites is 2. The van der Waals surface area contributed by atoms with Gasteiger partial charge in [0, 0.05) is 45.4 Å². The van der Waals surface area contributed by atoms with Crippen molar-refractivity contribution in [3.63, 3.8) is 0 Å². The quantitative estimate of drug-likeness (QED) is 0.508. The van der Waals surface area contributed by atoms with E-state index in [0.717, 1.165) is 43.8 Å². The van der Waals surface area contributed by atoms with Gasteiger partial charge in [0.1, 0.15) is 11.4 Å². The van der Waals surface area contributed by atoms with E-state index in [4.69, 9.17) is 9.15 Å². The lowest BCUT2D eigenvalue weighted by Gasteiger charge is -2.41. The Morgan fingerprint density at radius 3 is 2.32 bits per heavy atom. The second kappa shape index (κ2) is 10.6. The molecule has 3 heterocycles. The first kappa shape index (κ1) is 25.9. The second-order valence-electron chi connectivity index (χ2n) is 11.4. The van der Waals surface area contributed by atoms with Gasteiger partial charge in [-0.25, -0.2) is 0 Å². The maximum absolute atomic E-state index is 12.8. The van der Waals surface area contributed by atoms with E-state index in [-0.39, 0.29) is 35.1 Å². The molecule has 1 saturated heterocycles. The molecule has 200 valence electrons. The number of ether oxygens (including phenoxy) is 1. The molecule has 0 saturated carbocycles. The number of amides is 2. The molecule has 0 bridgehead atoms. The zero-order chi connectivity index (χ0) is 26.8. The molecule has 1 spiro atoms. The molecular formula is C31H37N3O4. The van der Waals surface area contributed by atoms with Crippen LogP contribution in [0.1, 0.15) is 61.7 Å². The van der Waals surface area contributed by atoms with Crippen molar-refractivity contribution >= 4 is 17.5 Å². The fourth-order valence-electron chi connectivity index (χ4n) is 5.32. The van der Waals surface area contributed by atoms with E-state index in [1.807, 2.05) is 11.0 Å². The predicted molar refractivity (Wildman–Crippen MR) is 147 cm³/mol. The third kappa shape index (κ3) is 5.72. The molecule has 7 nitrogen and oxygen atoms in total. The van der Waals surface area contributed by atoms with Crippen molar-refractivity contribution in [3.8, 4) is 5.75 Å². The van der Waals surface area contributed by atoms with Gasteiger partial charge in [-0.05, 0) is 40.8 Å². The lowest BCUT2D eigenvalue weighted by atomic mass is 9.86. The molecule has 1 fully saturated rings. The van der Waals surface area contributed by atoms with Crippen LogP contribution in [0.3, 0.4) is 0 Å². The molecule has 5 rings (SSSR count). The zero-order valence-corrected chi connectivity index (χ0v) is 22.5. The van der Waals surface area contributed by atoms with E-state index in [1.54, 1.807) is 12.1 Å². The van der Waals surface area contributed by atoms with Gasteiger partial charge in [0.25, 0.3) is 5.91 Å². The van der Waals surface area contributed by atoms with E-state index in [0.29, 0.717) is 13.1 Å². The summed E-state index contributed by atoms with van der Waals surface area (Å²) in [6, 6.07) is 20.5. The molecule has 2 amide bonds. The number of hydrogen-bond donors (Lipinski definition) is 1. The van der Waals surface area contributed by atoms with Crippen molar-refractivity contribution in [1.82, 2.24) is 10.2 Å². The summed E-state index contributed by atoms with van der Waals surface area (Å²) < 4.78 is 11.8. The van der Waals surface area contributed by atoms with Crippen LogP contribution in [0, 0.1) is 0 Å². The van der Waals surface area contributed by atoms with E-state index in [9.17, 15) is 9.59 Å². The zero-order valence-electron chi connectivity index (χ0n) is 22.5. The normalized spacial score (nSPS) is 16.9. The van der Waals surface area contributed by atoms with Gasteiger partial charge >= 0.3 is 0 Å². The van der Waals surface area contributed by atoms with Crippen LogP contribution in [-0.2, 0) is 16.8 Å². The molecule has 1 N–H and O–H groups in total. The smallest absolute Gasteiger partial charge is 0.287 e. The van der Waals surface area contributed by atoms with Crippen molar-refractivity contribution in [2.24, 2.45) is 0 Å². The minimum atomic E-state index is -0.381. The summed E-state index contributed by atoms with van der Waals surface area (Å²) >= 11 is 0. The largest absolute Gasteiger partial charge is 0.485 e. The van der Waals surface area contributed by atoms with Gasteiger partial charge in [-0.3, -0.25) is 9.59 Å². The van der Waals surface area contributed by atoms with Gasteiger partial charge in [-0.1, -0.05) is 57.2 Å². The molecule has 38 heavy (non-hydrogen) atoms. The maximum atomic E-state index is 12.8. The Balaban J connectivity index is 1.22. The molecule has 0 aliphatic carbocycles. The molecule has 7 heteroatoms. The number of nitrogens with one attached hydrogen (secondary N) is 1. The first-order chi connectivity index (χ1) is 18.2. The first-order valence-electron chi connectivity index (χ1n) is 13.4. The van der Waals surface area contributed by atoms with Gasteiger partial charge in [-0.2, -0.15) is 0 Å². The van der Waals surface area contributed by atoms with Crippen LogP contribution in [-0.4, -0.2) is 48.5 Å². The van der Waals surface area contributed by atoms with Crippen molar-refractivity contribution in [3.05, 3.63) is 83.8 Å². The summed E-state index contributed by atoms with van der Waals surface area (Å²) in [6.45, 7) is 9.57. The van der Waals surface area contributed by atoms with E-state index < -0.39 is 0 Å². The first-order valence-corrected chi connectivity index (χ1v) is 13.4. The molecule has 2 aromatic carbocycles. The topological polar surface area (TPSA) is 75.0 Å². The van der Waals surface area contributed by atoms with E-state index >= 15 is 0 Å². The summed E-state index contributed by atoms with van der Waals surface area (Å²) in [7, 11) is 0. The molecule has 1 aromatic heterocycles. The molecule has 2 aliphatic heterocycles. The monoisotopic (exact) mass is 515 g/mol. The van der Waals surface area contributed by atoms with Crippen molar-refractivity contribution in [2.75, 3.05) is 31.1 Å². The van der Waals surface area contributed by atoms with Crippen molar-refractivity contribution < 1.29 is 18.7 Å². The number of anilines is 1. The fourth-order valence-corrected chi connectivity index (χ4v) is 5.32. The fraction of sp³-hybridized carbons (Fsp3) is 0.419. The van der Waals surface area contributed by atoms with E-state index in [1.165, 1.54) is 17.4 Å². The third-order valence-corrected chi connectivity index (χ3v) is 7.74. The molecule has 0 unspecified atom stereocenters. The molecule has 2 aliphatic rings. The Morgan fingerprint density at radius 2 is 1.63 bits per heavy atom. The average Bonchev–Trinajstić information content (AvgIpc) is 3.41. The summed E-state index contributed by atoms with van der Waals surface area (Å²) in [4.78, 5) is 29.1. The third-order valence-electron chi connectivity index (χ3n) is 7.74. The number of benzene rings is 2. The van der Waals surface area contributed by atoms with Crippen LogP contribution >= 0.6 is 0 Å². The number of rotatable bonds is 5. The average molecular weight is 516 g/mol. The number of carbonyl (C=O) groups is 2. The molecular weight excluding hydrogens is 478 g/mol. The highest BCUT2D eigenvalue weighted by Gasteiger charge is 2.40. The number of nitrogens with zero attached hydrogens (tertiary/aromatic N) is 2. The van der Waals surface area contributed by atoms with Gasteiger partial charge < -0.3 is 24.3 Å². The number of furan rings is 1. The number of likely N-dealkylation sites (tertiary alicyclic amines) is 1. The minimum absolute atomic E-state index is 0.0436. The summed E-state index contributed by atoms with van der Waals surface area (Å²) in [6.07, 6.45) is 3.84.